The molecule has 12 heteroatoms. The summed E-state index contributed by atoms with van der Waals surface area (Å²) < 4.78 is 92.4. The van der Waals surface area contributed by atoms with Crippen LogP contribution in [0.3, 0.4) is 0 Å². The summed E-state index contributed by atoms with van der Waals surface area (Å²) in [5.74, 6) is -3.27. The third-order valence-corrected chi connectivity index (χ3v) is 5.42. The molecule has 1 aliphatic rings. The van der Waals surface area contributed by atoms with Crippen molar-refractivity contribution in [3.63, 3.8) is 0 Å². The van der Waals surface area contributed by atoms with E-state index < -0.39 is 44.7 Å². The van der Waals surface area contributed by atoms with Crippen LogP contribution in [0, 0.1) is 11.6 Å². The second-order valence-corrected chi connectivity index (χ2v) is 7.63. The third-order valence-electron chi connectivity index (χ3n) is 3.96. The molecule has 0 saturated heterocycles. The maximum Gasteiger partial charge on any atom is 0.408 e. The lowest BCUT2D eigenvalue weighted by Gasteiger charge is -2.16. The number of nitrogens with zero attached hydrogens (tertiary/aromatic N) is 1. The van der Waals surface area contributed by atoms with Crippen LogP contribution in [0.1, 0.15) is 16.1 Å². The first-order chi connectivity index (χ1) is 12.9. The maximum absolute atomic E-state index is 13.3. The first kappa shape index (κ1) is 20.0. The zero-order valence-electron chi connectivity index (χ0n) is 14.0. The molecule has 6 nitrogen and oxygen atoms in total. The van der Waals surface area contributed by atoms with Crippen molar-refractivity contribution in [3.05, 3.63) is 53.4 Å². The summed E-state index contributed by atoms with van der Waals surface area (Å²) in [6, 6.07) is 0.102. The van der Waals surface area contributed by atoms with Crippen molar-refractivity contribution in [2.75, 3.05) is 5.32 Å². The van der Waals surface area contributed by atoms with Gasteiger partial charge in [-0.25, -0.2) is 17.2 Å². The van der Waals surface area contributed by atoms with Crippen molar-refractivity contribution in [1.29, 1.82) is 0 Å². The van der Waals surface area contributed by atoms with Gasteiger partial charge in [0.1, 0.15) is 16.6 Å². The summed E-state index contributed by atoms with van der Waals surface area (Å²) >= 11 is 0. The van der Waals surface area contributed by atoms with Gasteiger partial charge in [0, 0.05) is 30.6 Å². The van der Waals surface area contributed by atoms with Gasteiger partial charge in [0.25, 0.3) is 5.91 Å². The van der Waals surface area contributed by atoms with Crippen LogP contribution in [0.5, 0.6) is 0 Å². The molecule has 0 radical (unpaired) electrons. The molecule has 1 aromatic carbocycles. The molecule has 3 rings (SSSR count). The number of hydrogen-bond donors (Lipinski definition) is 2. The zero-order chi connectivity index (χ0) is 20.9. The summed E-state index contributed by atoms with van der Waals surface area (Å²) in [6.45, 7) is 0. The van der Waals surface area contributed by atoms with Crippen LogP contribution in [0.4, 0.5) is 27.6 Å². The Bertz CT molecular complexity index is 1090. The van der Waals surface area contributed by atoms with Gasteiger partial charge < -0.3 is 9.88 Å². The second-order valence-electron chi connectivity index (χ2n) is 5.95. The molecular formula is C16H12F5N3O3S. The largest absolute Gasteiger partial charge is 0.408 e. The minimum Gasteiger partial charge on any atom is -0.345 e. The van der Waals surface area contributed by atoms with E-state index in [1.54, 1.807) is 0 Å². The number of carbonyl (C=O) groups is 1. The van der Waals surface area contributed by atoms with E-state index in [1.807, 2.05) is 0 Å². The van der Waals surface area contributed by atoms with E-state index in [1.165, 1.54) is 11.8 Å². The molecule has 28 heavy (non-hydrogen) atoms. The predicted molar refractivity (Wildman–Crippen MR) is 88.9 cm³/mol. The smallest absolute Gasteiger partial charge is 0.345 e. The minimum absolute atomic E-state index is 0.120. The lowest BCUT2D eigenvalue weighted by atomic mass is 10.1. The highest BCUT2D eigenvalue weighted by Gasteiger charge is 2.43. The normalized spacial score (nSPS) is 18.4. The molecule has 0 bridgehead atoms. The fraction of sp³-hybridized carbons (Fsp3) is 0.188. The van der Waals surface area contributed by atoms with E-state index in [0.717, 1.165) is 29.0 Å². The molecule has 2 heterocycles. The number of aromatic nitrogens is 1. The second kappa shape index (κ2) is 6.71. The van der Waals surface area contributed by atoms with Gasteiger partial charge in [0.05, 0.1) is 0 Å². The van der Waals surface area contributed by atoms with E-state index in [2.05, 4.69) is 5.32 Å². The van der Waals surface area contributed by atoms with Crippen LogP contribution in [-0.4, -0.2) is 31.1 Å². The Morgan fingerprint density at radius 2 is 1.89 bits per heavy atom. The topological polar surface area (TPSA) is 80.2 Å². The number of halogens is 5. The van der Waals surface area contributed by atoms with Crippen molar-refractivity contribution in [2.24, 2.45) is 7.05 Å². The quantitative estimate of drug-likeness (QED) is 0.732. The number of hydrogen-bond acceptors (Lipinski definition) is 3. The molecule has 2 N–H and O–H groups in total. The number of fused-ring (bicyclic) bond motifs is 1. The Balaban J connectivity index is 2.04. The summed E-state index contributed by atoms with van der Waals surface area (Å²) in [7, 11) is -3.26. The number of sulfonamides is 1. The Labute approximate surface area is 155 Å². The Kier molecular flexibility index (Phi) is 4.79. The SMILES string of the molecule is Cn1cc2c(c1C(=O)Nc1ccc(F)c(F)c1)C=CC(C(F)(F)F)NS2(=O)=O. The van der Waals surface area contributed by atoms with Crippen molar-refractivity contribution in [1.82, 2.24) is 9.29 Å². The summed E-state index contributed by atoms with van der Waals surface area (Å²) in [4.78, 5) is 12.0. The van der Waals surface area contributed by atoms with Crippen molar-refractivity contribution < 1.29 is 35.2 Å². The van der Waals surface area contributed by atoms with Gasteiger partial charge in [0.2, 0.25) is 10.0 Å². The van der Waals surface area contributed by atoms with Crippen LogP contribution in [0.15, 0.2) is 35.4 Å². The highest BCUT2D eigenvalue weighted by molar-refractivity contribution is 7.89. The summed E-state index contributed by atoms with van der Waals surface area (Å²) in [5.41, 5.74) is -0.656. The van der Waals surface area contributed by atoms with E-state index in [4.69, 9.17) is 0 Å². The highest BCUT2D eigenvalue weighted by Crippen LogP contribution is 2.31. The van der Waals surface area contributed by atoms with Gasteiger partial charge in [-0.15, -0.1) is 0 Å². The summed E-state index contributed by atoms with van der Waals surface area (Å²) in [5, 5.41) is 2.25. The molecule has 0 aliphatic carbocycles. The van der Waals surface area contributed by atoms with Crippen molar-refractivity contribution >= 4 is 27.7 Å². The minimum atomic E-state index is -4.87. The molecular weight excluding hydrogens is 409 g/mol. The molecule has 0 spiro atoms. The standard InChI is InChI=1S/C16H12F5N3O3S/c1-24-7-12-9(3-5-13(16(19,20)21)23-28(12,26)27)14(24)15(25)22-8-2-4-10(17)11(18)6-8/h2-7,13,23H,1H3,(H,22,25). The van der Waals surface area contributed by atoms with Crippen LogP contribution >= 0.6 is 0 Å². The number of alkyl halides is 3. The molecule has 0 fully saturated rings. The Morgan fingerprint density at radius 3 is 2.50 bits per heavy atom. The molecule has 1 unspecified atom stereocenters. The van der Waals surface area contributed by atoms with Crippen LogP contribution in [0.2, 0.25) is 0 Å². The number of nitrogens with one attached hydrogen (secondary N) is 2. The van der Waals surface area contributed by atoms with E-state index in [0.29, 0.717) is 12.1 Å². The lowest BCUT2D eigenvalue weighted by Crippen LogP contribution is -2.43. The fourth-order valence-electron chi connectivity index (χ4n) is 2.68. The van der Waals surface area contributed by atoms with Gasteiger partial charge in [-0.2, -0.15) is 17.9 Å². The molecule has 1 atom stereocenters. The monoisotopic (exact) mass is 421 g/mol. The molecule has 1 aliphatic heterocycles. The summed E-state index contributed by atoms with van der Waals surface area (Å²) in [6.07, 6.45) is -2.42. The van der Waals surface area contributed by atoms with Crippen LogP contribution in [0.25, 0.3) is 6.08 Å². The molecule has 1 aromatic heterocycles. The van der Waals surface area contributed by atoms with Gasteiger partial charge in [-0.1, -0.05) is 12.2 Å². The average molecular weight is 421 g/mol. The Morgan fingerprint density at radius 1 is 1.21 bits per heavy atom. The zero-order valence-corrected chi connectivity index (χ0v) is 14.8. The van der Waals surface area contributed by atoms with E-state index in [9.17, 15) is 35.2 Å². The first-order valence-electron chi connectivity index (χ1n) is 7.63. The maximum atomic E-state index is 13.3. The van der Waals surface area contributed by atoms with Crippen LogP contribution < -0.4 is 10.0 Å². The van der Waals surface area contributed by atoms with Crippen LogP contribution in [-0.2, 0) is 17.1 Å². The van der Waals surface area contributed by atoms with Gasteiger partial charge in [-0.3, -0.25) is 4.79 Å². The average Bonchev–Trinajstić information content (AvgIpc) is 2.84. The lowest BCUT2D eigenvalue weighted by molar-refractivity contribution is -0.140. The molecule has 2 aromatic rings. The van der Waals surface area contributed by atoms with Crippen molar-refractivity contribution in [3.8, 4) is 0 Å². The van der Waals surface area contributed by atoms with Crippen molar-refractivity contribution in [2.45, 2.75) is 17.1 Å². The predicted octanol–water partition coefficient (Wildman–Crippen LogP) is 2.79. The van der Waals surface area contributed by atoms with E-state index in [-0.39, 0.29) is 16.9 Å². The van der Waals surface area contributed by atoms with Gasteiger partial charge >= 0.3 is 6.18 Å². The number of rotatable bonds is 2. The number of benzene rings is 1. The fourth-order valence-corrected chi connectivity index (χ4v) is 4.10. The number of carbonyl (C=O) groups excluding carboxylic acids is 1. The molecule has 0 saturated carbocycles. The van der Waals surface area contributed by atoms with Gasteiger partial charge in [0.15, 0.2) is 11.6 Å². The number of aryl methyl sites for hydroxylation is 1. The van der Waals surface area contributed by atoms with E-state index >= 15 is 0 Å². The molecule has 150 valence electrons. The highest BCUT2D eigenvalue weighted by atomic mass is 32.2. The third kappa shape index (κ3) is 3.64. The first-order valence-corrected chi connectivity index (χ1v) is 9.11. The molecule has 1 amide bonds. The number of amides is 1. The van der Waals surface area contributed by atoms with Gasteiger partial charge in [-0.05, 0) is 12.1 Å². The Hall–Kier alpha value is -2.73. The number of anilines is 1.